The molecule has 1 fully saturated rings. The van der Waals surface area contributed by atoms with Crippen LogP contribution in [0.4, 0.5) is 11.5 Å². The molecule has 0 atom stereocenters. The average Bonchev–Trinajstić information content (AvgIpc) is 2.63. The van der Waals surface area contributed by atoms with Crippen LogP contribution in [0.5, 0.6) is 5.75 Å². The van der Waals surface area contributed by atoms with Gasteiger partial charge in [-0.25, -0.2) is 4.98 Å². The summed E-state index contributed by atoms with van der Waals surface area (Å²) < 4.78 is 6.14. The quantitative estimate of drug-likeness (QED) is 0.760. The van der Waals surface area contributed by atoms with E-state index in [1.807, 2.05) is 48.7 Å². The van der Waals surface area contributed by atoms with Crippen LogP contribution in [0.3, 0.4) is 0 Å². The Morgan fingerprint density at radius 1 is 1.00 bits per heavy atom. The topological polar surface area (TPSA) is 46.2 Å². The van der Waals surface area contributed by atoms with Gasteiger partial charge in [-0.1, -0.05) is 18.2 Å². The van der Waals surface area contributed by atoms with Crippen LogP contribution in [0.25, 0.3) is 10.8 Å². The molecule has 0 saturated carbocycles. The monoisotopic (exact) mass is 319 g/mol. The summed E-state index contributed by atoms with van der Waals surface area (Å²) in [4.78, 5) is 4.49. The van der Waals surface area contributed by atoms with Crippen molar-refractivity contribution in [2.75, 3.05) is 18.4 Å². The van der Waals surface area contributed by atoms with E-state index >= 15 is 0 Å². The summed E-state index contributed by atoms with van der Waals surface area (Å²) in [6.45, 7) is 2.07. The van der Waals surface area contributed by atoms with Gasteiger partial charge in [-0.2, -0.15) is 0 Å². The first kappa shape index (κ1) is 15.0. The second-order valence-electron chi connectivity index (χ2n) is 6.10. The maximum absolute atomic E-state index is 6.14. The van der Waals surface area contributed by atoms with Crippen molar-refractivity contribution in [1.82, 2.24) is 10.3 Å². The van der Waals surface area contributed by atoms with Crippen molar-refractivity contribution in [3.05, 3.63) is 60.8 Å². The maximum Gasteiger partial charge on any atom is 0.138 e. The first-order valence-electron chi connectivity index (χ1n) is 8.47. The molecule has 4 rings (SSSR count). The predicted molar refractivity (Wildman–Crippen MR) is 98.0 cm³/mol. The highest BCUT2D eigenvalue weighted by Crippen LogP contribution is 2.28. The molecule has 1 aromatic heterocycles. The van der Waals surface area contributed by atoms with Crippen LogP contribution < -0.4 is 15.4 Å². The highest BCUT2D eigenvalue weighted by molar-refractivity contribution is 5.94. The third-order valence-corrected chi connectivity index (χ3v) is 4.36. The van der Waals surface area contributed by atoms with Crippen molar-refractivity contribution in [3.63, 3.8) is 0 Å². The Hall–Kier alpha value is -2.59. The van der Waals surface area contributed by atoms with Gasteiger partial charge in [0, 0.05) is 17.3 Å². The number of piperidine rings is 1. The maximum atomic E-state index is 6.14. The number of rotatable bonds is 4. The molecule has 0 unspecified atom stereocenters. The van der Waals surface area contributed by atoms with E-state index in [2.05, 4.69) is 27.8 Å². The molecule has 0 spiro atoms. The molecule has 1 aliphatic rings. The van der Waals surface area contributed by atoms with E-state index in [1.165, 1.54) is 0 Å². The third-order valence-electron chi connectivity index (χ3n) is 4.36. The van der Waals surface area contributed by atoms with Gasteiger partial charge in [-0.3, -0.25) is 0 Å². The first-order valence-corrected chi connectivity index (χ1v) is 8.47. The minimum absolute atomic E-state index is 0.312. The molecule has 2 N–H and O–H groups in total. The molecule has 0 bridgehead atoms. The third kappa shape index (κ3) is 3.34. The number of benzene rings is 2. The lowest BCUT2D eigenvalue weighted by molar-refractivity contribution is 0.162. The van der Waals surface area contributed by atoms with Crippen LogP contribution in [0.2, 0.25) is 0 Å². The molecule has 0 radical (unpaired) electrons. The van der Waals surface area contributed by atoms with Gasteiger partial charge in [0.2, 0.25) is 0 Å². The highest BCUT2D eigenvalue weighted by atomic mass is 16.5. The molecule has 1 saturated heterocycles. The van der Waals surface area contributed by atoms with Gasteiger partial charge < -0.3 is 15.4 Å². The van der Waals surface area contributed by atoms with Crippen molar-refractivity contribution in [3.8, 4) is 5.75 Å². The molecule has 4 nitrogen and oxygen atoms in total. The molecule has 0 amide bonds. The molecule has 122 valence electrons. The van der Waals surface area contributed by atoms with E-state index in [-0.39, 0.29) is 0 Å². The summed E-state index contributed by atoms with van der Waals surface area (Å²) in [5.74, 6) is 1.80. The van der Waals surface area contributed by atoms with Crippen molar-refractivity contribution < 1.29 is 4.74 Å². The zero-order chi connectivity index (χ0) is 16.2. The average molecular weight is 319 g/mol. The largest absolute Gasteiger partial charge is 0.490 e. The summed E-state index contributed by atoms with van der Waals surface area (Å²) in [7, 11) is 0. The fourth-order valence-corrected chi connectivity index (χ4v) is 3.09. The number of nitrogens with zero attached hydrogens (tertiary/aromatic N) is 1. The number of fused-ring (bicyclic) bond motifs is 1. The van der Waals surface area contributed by atoms with Crippen LogP contribution in [0.15, 0.2) is 60.8 Å². The van der Waals surface area contributed by atoms with E-state index < -0.39 is 0 Å². The van der Waals surface area contributed by atoms with Crippen LogP contribution in [0, 0.1) is 0 Å². The number of hydrogen-bond acceptors (Lipinski definition) is 4. The molecule has 3 aromatic rings. The number of ether oxygens (including phenoxy) is 1. The number of aromatic nitrogens is 1. The van der Waals surface area contributed by atoms with Gasteiger partial charge in [0.1, 0.15) is 17.7 Å². The van der Waals surface area contributed by atoms with Gasteiger partial charge in [0.15, 0.2) is 0 Å². The fourth-order valence-electron chi connectivity index (χ4n) is 3.09. The van der Waals surface area contributed by atoms with Crippen LogP contribution in [0.1, 0.15) is 12.8 Å². The van der Waals surface area contributed by atoms with E-state index in [4.69, 9.17) is 4.74 Å². The first-order chi connectivity index (χ1) is 11.9. The standard InChI is InChI=1S/C20H21N3O/c1-2-4-16(5-3-1)23-20-19-7-6-18(14-15(19)8-13-22-20)24-17-9-11-21-12-10-17/h1-8,13-14,17,21H,9-12H2,(H,22,23). The van der Waals surface area contributed by atoms with Crippen molar-refractivity contribution in [1.29, 1.82) is 0 Å². The van der Waals surface area contributed by atoms with Crippen molar-refractivity contribution in [2.45, 2.75) is 18.9 Å². The van der Waals surface area contributed by atoms with Gasteiger partial charge in [0.05, 0.1) is 0 Å². The van der Waals surface area contributed by atoms with E-state index in [0.29, 0.717) is 6.10 Å². The van der Waals surface area contributed by atoms with Gasteiger partial charge in [-0.05, 0) is 67.7 Å². The van der Waals surface area contributed by atoms with Crippen LogP contribution >= 0.6 is 0 Å². The Bertz CT molecular complexity index is 813. The molecular weight excluding hydrogens is 298 g/mol. The Morgan fingerprint density at radius 2 is 1.83 bits per heavy atom. The number of nitrogens with one attached hydrogen (secondary N) is 2. The second kappa shape index (κ2) is 6.89. The minimum Gasteiger partial charge on any atom is -0.490 e. The van der Waals surface area contributed by atoms with E-state index in [0.717, 1.165) is 54.0 Å². The molecule has 1 aliphatic heterocycles. The van der Waals surface area contributed by atoms with Gasteiger partial charge >= 0.3 is 0 Å². The van der Waals surface area contributed by atoms with Gasteiger partial charge in [0.25, 0.3) is 0 Å². The fraction of sp³-hybridized carbons (Fsp3) is 0.250. The Labute approximate surface area is 141 Å². The number of hydrogen-bond donors (Lipinski definition) is 2. The lowest BCUT2D eigenvalue weighted by Gasteiger charge is -2.24. The molecule has 4 heteroatoms. The summed E-state index contributed by atoms with van der Waals surface area (Å²) in [6.07, 6.45) is 4.28. The zero-order valence-electron chi connectivity index (χ0n) is 13.5. The summed E-state index contributed by atoms with van der Waals surface area (Å²) in [6, 6.07) is 18.4. The summed E-state index contributed by atoms with van der Waals surface area (Å²) in [5, 5.41) is 8.98. The smallest absolute Gasteiger partial charge is 0.138 e. The van der Waals surface area contributed by atoms with E-state index in [1.54, 1.807) is 0 Å². The number of anilines is 2. The summed E-state index contributed by atoms with van der Waals surface area (Å²) in [5.41, 5.74) is 1.03. The SMILES string of the molecule is c1ccc(Nc2nccc3cc(OC4CCNCC4)ccc23)cc1. The normalized spacial score (nSPS) is 15.3. The minimum atomic E-state index is 0.312. The Morgan fingerprint density at radius 3 is 2.67 bits per heavy atom. The zero-order valence-corrected chi connectivity index (χ0v) is 13.5. The Balaban J connectivity index is 1.58. The lowest BCUT2D eigenvalue weighted by atomic mass is 10.1. The lowest BCUT2D eigenvalue weighted by Crippen LogP contribution is -2.34. The number of para-hydroxylation sites is 1. The van der Waals surface area contributed by atoms with E-state index in [9.17, 15) is 0 Å². The van der Waals surface area contributed by atoms with Crippen LogP contribution in [-0.2, 0) is 0 Å². The van der Waals surface area contributed by atoms with Crippen molar-refractivity contribution in [2.24, 2.45) is 0 Å². The Kier molecular flexibility index (Phi) is 4.30. The van der Waals surface area contributed by atoms with Crippen LogP contribution in [-0.4, -0.2) is 24.2 Å². The molecule has 2 heterocycles. The van der Waals surface area contributed by atoms with Gasteiger partial charge in [-0.15, -0.1) is 0 Å². The molecule has 0 aliphatic carbocycles. The van der Waals surface area contributed by atoms with Crippen molar-refractivity contribution >= 4 is 22.3 Å². The summed E-state index contributed by atoms with van der Waals surface area (Å²) >= 11 is 0. The highest BCUT2D eigenvalue weighted by Gasteiger charge is 2.14. The molecular formula is C20H21N3O. The molecule has 2 aromatic carbocycles. The second-order valence-corrected chi connectivity index (χ2v) is 6.10. The predicted octanol–water partition coefficient (Wildman–Crippen LogP) is 4.11. The number of pyridine rings is 1. The molecule has 24 heavy (non-hydrogen) atoms.